The number of carbonyl (C=O) groups is 2. The second-order valence-electron chi connectivity index (χ2n) is 6.64. The van der Waals surface area contributed by atoms with Crippen LogP contribution in [0.25, 0.3) is 0 Å². The first kappa shape index (κ1) is 22.7. The van der Waals surface area contributed by atoms with E-state index in [4.69, 9.17) is 9.47 Å². The molecule has 0 atom stereocenters. The van der Waals surface area contributed by atoms with Gasteiger partial charge < -0.3 is 20.1 Å². The quantitative estimate of drug-likeness (QED) is 0.501. The van der Waals surface area contributed by atoms with Gasteiger partial charge in [-0.1, -0.05) is 18.2 Å². The summed E-state index contributed by atoms with van der Waals surface area (Å²) in [5, 5.41) is 5.37. The summed E-state index contributed by atoms with van der Waals surface area (Å²) in [5.41, 5.74) is 0.837. The Kier molecular flexibility index (Phi) is 7.38. The molecule has 32 heavy (non-hydrogen) atoms. The molecule has 0 unspecified atom stereocenters. The minimum atomic E-state index is -0.867. The van der Waals surface area contributed by atoms with Crippen LogP contribution in [-0.2, 0) is 0 Å². The van der Waals surface area contributed by atoms with Crippen LogP contribution in [0.5, 0.6) is 11.5 Å². The van der Waals surface area contributed by atoms with Gasteiger partial charge in [-0.05, 0) is 38.1 Å². The fraction of sp³-hybridized carbons (Fsp3) is 0.167. The van der Waals surface area contributed by atoms with Crippen molar-refractivity contribution >= 4 is 23.2 Å². The summed E-state index contributed by atoms with van der Waals surface area (Å²) in [7, 11) is 0. The fourth-order valence-corrected chi connectivity index (χ4v) is 2.97. The Labute approximate surface area is 184 Å². The molecule has 166 valence electrons. The van der Waals surface area contributed by atoms with Crippen LogP contribution in [0.15, 0.2) is 60.7 Å². The highest BCUT2D eigenvalue weighted by Crippen LogP contribution is 2.37. The smallest absolute Gasteiger partial charge is 0.255 e. The predicted octanol–water partition coefficient (Wildman–Crippen LogP) is 5.27. The summed E-state index contributed by atoms with van der Waals surface area (Å²) in [6.07, 6.45) is 0. The Bertz CT molecular complexity index is 1100. The molecule has 0 heterocycles. The number of benzene rings is 3. The summed E-state index contributed by atoms with van der Waals surface area (Å²) in [4.78, 5) is 25.2. The first-order valence-electron chi connectivity index (χ1n) is 9.98. The molecule has 3 aromatic carbocycles. The topological polar surface area (TPSA) is 76.7 Å². The van der Waals surface area contributed by atoms with E-state index in [0.717, 1.165) is 12.1 Å². The zero-order valence-corrected chi connectivity index (χ0v) is 17.6. The van der Waals surface area contributed by atoms with Crippen molar-refractivity contribution in [3.63, 3.8) is 0 Å². The van der Waals surface area contributed by atoms with Gasteiger partial charge in [0.15, 0.2) is 0 Å². The minimum absolute atomic E-state index is 0.190. The van der Waals surface area contributed by atoms with Crippen LogP contribution in [-0.4, -0.2) is 25.0 Å². The minimum Gasteiger partial charge on any atom is -0.492 e. The molecular formula is C24H22F2N2O4. The SMILES string of the molecule is CCOc1cc(NC(=O)c2cc(F)cc(F)c2)c(OCC)cc1NC(=O)c1ccccc1. The van der Waals surface area contributed by atoms with Gasteiger partial charge >= 0.3 is 0 Å². The maximum Gasteiger partial charge on any atom is 0.255 e. The van der Waals surface area contributed by atoms with Crippen LogP contribution in [0.1, 0.15) is 34.6 Å². The van der Waals surface area contributed by atoms with Gasteiger partial charge in [-0.25, -0.2) is 8.78 Å². The Hall–Kier alpha value is -3.94. The standard InChI is InChI=1S/C24H22F2N2O4/c1-3-31-21-14-20(28-24(30)16-10-17(25)12-18(26)11-16)22(32-4-2)13-19(21)27-23(29)15-8-6-5-7-9-15/h5-14H,3-4H2,1-2H3,(H,27,29)(H,28,30). The fourth-order valence-electron chi connectivity index (χ4n) is 2.97. The zero-order chi connectivity index (χ0) is 23.1. The Morgan fingerprint density at radius 1 is 0.719 bits per heavy atom. The molecule has 0 aliphatic carbocycles. The summed E-state index contributed by atoms with van der Waals surface area (Å²) >= 11 is 0. The molecule has 2 amide bonds. The first-order valence-corrected chi connectivity index (χ1v) is 9.98. The van der Waals surface area contributed by atoms with E-state index in [2.05, 4.69) is 10.6 Å². The highest BCUT2D eigenvalue weighted by atomic mass is 19.1. The molecule has 0 saturated carbocycles. The summed E-state index contributed by atoms with van der Waals surface area (Å²) < 4.78 is 38.2. The number of carbonyl (C=O) groups excluding carboxylic acids is 2. The number of rotatable bonds is 8. The van der Waals surface area contributed by atoms with E-state index in [1.54, 1.807) is 44.2 Å². The summed E-state index contributed by atoms with van der Waals surface area (Å²) in [5.74, 6) is -2.26. The maximum absolute atomic E-state index is 13.5. The van der Waals surface area contributed by atoms with E-state index in [9.17, 15) is 18.4 Å². The predicted molar refractivity (Wildman–Crippen MR) is 117 cm³/mol. The molecule has 0 bridgehead atoms. The largest absolute Gasteiger partial charge is 0.492 e. The summed E-state index contributed by atoms with van der Waals surface area (Å²) in [6, 6.07) is 14.2. The lowest BCUT2D eigenvalue weighted by Gasteiger charge is -2.18. The molecule has 0 saturated heterocycles. The molecule has 0 radical (unpaired) electrons. The molecule has 8 heteroatoms. The third kappa shape index (κ3) is 5.60. The van der Waals surface area contributed by atoms with Crippen molar-refractivity contribution in [1.29, 1.82) is 0 Å². The van der Waals surface area contributed by atoms with Gasteiger partial charge in [0.05, 0.1) is 24.6 Å². The van der Waals surface area contributed by atoms with Crippen LogP contribution < -0.4 is 20.1 Å². The monoisotopic (exact) mass is 440 g/mol. The normalized spacial score (nSPS) is 10.4. The number of halogens is 2. The van der Waals surface area contributed by atoms with Crippen LogP contribution >= 0.6 is 0 Å². The third-order valence-electron chi connectivity index (χ3n) is 4.34. The number of amides is 2. The number of nitrogens with one attached hydrogen (secondary N) is 2. The number of hydrogen-bond donors (Lipinski definition) is 2. The third-order valence-corrected chi connectivity index (χ3v) is 4.34. The Morgan fingerprint density at radius 2 is 1.19 bits per heavy atom. The van der Waals surface area contributed by atoms with Gasteiger partial charge in [-0.15, -0.1) is 0 Å². The van der Waals surface area contributed by atoms with Crippen LogP contribution in [0.3, 0.4) is 0 Å². The average Bonchev–Trinajstić information content (AvgIpc) is 2.76. The summed E-state index contributed by atoms with van der Waals surface area (Å²) in [6.45, 7) is 4.10. The first-order chi connectivity index (χ1) is 15.4. The van der Waals surface area contributed by atoms with Crippen molar-refractivity contribution in [2.75, 3.05) is 23.8 Å². The van der Waals surface area contributed by atoms with Crippen molar-refractivity contribution in [2.24, 2.45) is 0 Å². The second-order valence-corrected chi connectivity index (χ2v) is 6.64. The molecule has 3 rings (SSSR count). The number of anilines is 2. The zero-order valence-electron chi connectivity index (χ0n) is 17.6. The van der Waals surface area contributed by atoms with Crippen molar-refractivity contribution in [3.05, 3.63) is 83.4 Å². The van der Waals surface area contributed by atoms with E-state index in [1.165, 1.54) is 12.1 Å². The Morgan fingerprint density at radius 3 is 1.66 bits per heavy atom. The molecule has 0 aliphatic rings. The lowest BCUT2D eigenvalue weighted by atomic mass is 10.1. The van der Waals surface area contributed by atoms with Gasteiger partial charge in [0.1, 0.15) is 23.1 Å². The van der Waals surface area contributed by atoms with Crippen LogP contribution in [0.4, 0.5) is 20.2 Å². The molecule has 0 spiro atoms. The molecule has 2 N–H and O–H groups in total. The maximum atomic E-state index is 13.5. The number of hydrogen-bond acceptors (Lipinski definition) is 4. The van der Waals surface area contributed by atoms with Crippen molar-refractivity contribution in [2.45, 2.75) is 13.8 Å². The van der Waals surface area contributed by atoms with Crippen molar-refractivity contribution in [1.82, 2.24) is 0 Å². The van der Waals surface area contributed by atoms with E-state index in [1.807, 2.05) is 0 Å². The average molecular weight is 440 g/mol. The highest BCUT2D eigenvalue weighted by molar-refractivity contribution is 6.07. The van der Waals surface area contributed by atoms with Gasteiger partial charge in [-0.3, -0.25) is 9.59 Å². The lowest BCUT2D eigenvalue weighted by Crippen LogP contribution is -2.16. The van der Waals surface area contributed by atoms with Crippen LogP contribution in [0, 0.1) is 11.6 Å². The highest BCUT2D eigenvalue weighted by Gasteiger charge is 2.18. The van der Waals surface area contributed by atoms with Crippen molar-refractivity contribution < 1.29 is 27.8 Å². The molecule has 0 aromatic heterocycles. The van der Waals surface area contributed by atoms with Gasteiger partial charge in [0.2, 0.25) is 0 Å². The van der Waals surface area contributed by atoms with Gasteiger partial charge in [-0.2, -0.15) is 0 Å². The van der Waals surface area contributed by atoms with Crippen molar-refractivity contribution in [3.8, 4) is 11.5 Å². The molecule has 0 aliphatic heterocycles. The molecule has 3 aromatic rings. The molecule has 6 nitrogen and oxygen atoms in total. The van der Waals surface area contributed by atoms with E-state index in [-0.39, 0.29) is 29.5 Å². The van der Waals surface area contributed by atoms with E-state index in [0.29, 0.717) is 29.7 Å². The molecule has 0 fully saturated rings. The van der Waals surface area contributed by atoms with E-state index >= 15 is 0 Å². The molecular weight excluding hydrogens is 418 g/mol. The van der Waals surface area contributed by atoms with Crippen LogP contribution in [0.2, 0.25) is 0 Å². The second kappa shape index (κ2) is 10.4. The lowest BCUT2D eigenvalue weighted by molar-refractivity contribution is 0.101. The Balaban J connectivity index is 1.94. The van der Waals surface area contributed by atoms with Gasteiger partial charge in [0, 0.05) is 29.3 Å². The number of ether oxygens (including phenoxy) is 2. The van der Waals surface area contributed by atoms with E-state index < -0.39 is 17.5 Å². The van der Waals surface area contributed by atoms with Gasteiger partial charge in [0.25, 0.3) is 11.8 Å².